The molecule has 0 saturated carbocycles. The van der Waals surface area contributed by atoms with Crippen LogP contribution in [0.4, 0.5) is 0 Å². The Hall–Kier alpha value is -1.11. The Balaban J connectivity index is 2.07. The SMILES string of the molecule is Cn1c(/C=C2\SC(=S)NC2=O)cc2sccc21. The van der Waals surface area contributed by atoms with Crippen LogP contribution in [0.5, 0.6) is 0 Å². The highest BCUT2D eigenvalue weighted by Gasteiger charge is 2.22. The van der Waals surface area contributed by atoms with Crippen molar-refractivity contribution in [3.8, 4) is 0 Å². The first-order chi connectivity index (χ1) is 8.15. The number of fused-ring (bicyclic) bond motifs is 1. The van der Waals surface area contributed by atoms with E-state index in [4.69, 9.17) is 12.2 Å². The van der Waals surface area contributed by atoms with Crippen molar-refractivity contribution in [2.24, 2.45) is 7.05 Å². The number of thioether (sulfide) groups is 1. The second kappa shape index (κ2) is 3.97. The molecule has 0 aliphatic carbocycles. The molecule has 0 bridgehead atoms. The van der Waals surface area contributed by atoms with Gasteiger partial charge < -0.3 is 9.88 Å². The first kappa shape index (κ1) is 11.0. The first-order valence-electron chi connectivity index (χ1n) is 4.93. The van der Waals surface area contributed by atoms with Gasteiger partial charge in [0.2, 0.25) is 0 Å². The van der Waals surface area contributed by atoms with Crippen LogP contribution in [0, 0.1) is 0 Å². The van der Waals surface area contributed by atoms with Crippen molar-refractivity contribution in [3.05, 3.63) is 28.1 Å². The van der Waals surface area contributed by atoms with E-state index in [1.807, 2.05) is 13.1 Å². The van der Waals surface area contributed by atoms with Gasteiger partial charge in [-0.3, -0.25) is 4.79 Å². The van der Waals surface area contributed by atoms with E-state index in [0.29, 0.717) is 9.23 Å². The molecule has 1 aliphatic rings. The first-order valence-corrected chi connectivity index (χ1v) is 7.03. The number of hydrogen-bond acceptors (Lipinski definition) is 4. The number of carbonyl (C=O) groups is 1. The van der Waals surface area contributed by atoms with Crippen LogP contribution in [-0.2, 0) is 11.8 Å². The van der Waals surface area contributed by atoms with Crippen LogP contribution in [0.2, 0.25) is 0 Å². The van der Waals surface area contributed by atoms with Gasteiger partial charge >= 0.3 is 0 Å². The van der Waals surface area contributed by atoms with Crippen molar-refractivity contribution in [1.29, 1.82) is 0 Å². The molecular formula is C11H8N2OS3. The number of amides is 1. The number of aryl methyl sites for hydroxylation is 1. The molecule has 86 valence electrons. The molecule has 3 nitrogen and oxygen atoms in total. The van der Waals surface area contributed by atoms with Crippen molar-refractivity contribution < 1.29 is 4.79 Å². The minimum atomic E-state index is -0.107. The van der Waals surface area contributed by atoms with Gasteiger partial charge in [-0.2, -0.15) is 0 Å². The number of thiocarbonyl (C=S) groups is 1. The summed E-state index contributed by atoms with van der Waals surface area (Å²) in [5, 5.41) is 4.68. The van der Waals surface area contributed by atoms with Crippen molar-refractivity contribution in [2.75, 3.05) is 0 Å². The van der Waals surface area contributed by atoms with E-state index >= 15 is 0 Å². The van der Waals surface area contributed by atoms with Crippen molar-refractivity contribution >= 4 is 61.8 Å². The lowest BCUT2D eigenvalue weighted by Crippen LogP contribution is -2.17. The molecular weight excluding hydrogens is 272 g/mol. The molecule has 1 N–H and O–H groups in total. The zero-order chi connectivity index (χ0) is 12.0. The number of nitrogens with one attached hydrogen (secondary N) is 1. The molecule has 2 aromatic heterocycles. The molecule has 1 aliphatic heterocycles. The van der Waals surface area contributed by atoms with Gasteiger partial charge in [-0.05, 0) is 23.6 Å². The summed E-state index contributed by atoms with van der Waals surface area (Å²) in [6, 6.07) is 4.16. The Kier molecular flexibility index (Phi) is 2.57. The summed E-state index contributed by atoms with van der Waals surface area (Å²) < 4.78 is 3.83. The molecule has 6 heteroatoms. The Labute approximate surface area is 111 Å². The third-order valence-electron chi connectivity index (χ3n) is 2.62. The van der Waals surface area contributed by atoms with E-state index in [9.17, 15) is 4.79 Å². The van der Waals surface area contributed by atoms with Gasteiger partial charge in [0.15, 0.2) is 0 Å². The molecule has 1 amide bonds. The smallest absolute Gasteiger partial charge is 0.263 e. The average Bonchev–Trinajstić information content (AvgIpc) is 2.90. The van der Waals surface area contributed by atoms with Crippen molar-refractivity contribution in [2.45, 2.75) is 0 Å². The molecule has 1 saturated heterocycles. The minimum absolute atomic E-state index is 0.107. The van der Waals surface area contributed by atoms with Gasteiger partial charge in [0.25, 0.3) is 5.91 Å². The fraction of sp³-hybridized carbons (Fsp3) is 0.0909. The second-order valence-electron chi connectivity index (χ2n) is 3.65. The highest BCUT2D eigenvalue weighted by molar-refractivity contribution is 8.26. The Bertz CT molecular complexity index is 665. The molecule has 0 spiro atoms. The topological polar surface area (TPSA) is 34.0 Å². The van der Waals surface area contributed by atoms with Crippen LogP contribution in [0.1, 0.15) is 5.69 Å². The molecule has 0 radical (unpaired) electrons. The average molecular weight is 280 g/mol. The summed E-state index contributed by atoms with van der Waals surface area (Å²) in [4.78, 5) is 12.2. The van der Waals surface area contributed by atoms with Crippen LogP contribution in [-0.4, -0.2) is 14.8 Å². The third kappa shape index (κ3) is 1.82. The Morgan fingerprint density at radius 1 is 1.53 bits per heavy atom. The number of rotatable bonds is 1. The minimum Gasteiger partial charge on any atom is -0.343 e. The summed E-state index contributed by atoms with van der Waals surface area (Å²) in [7, 11) is 2.00. The van der Waals surface area contributed by atoms with Crippen LogP contribution in [0.15, 0.2) is 22.4 Å². The van der Waals surface area contributed by atoms with Gasteiger partial charge in [0.1, 0.15) is 4.32 Å². The van der Waals surface area contributed by atoms with Crippen LogP contribution in [0.3, 0.4) is 0 Å². The van der Waals surface area contributed by atoms with E-state index in [0.717, 1.165) is 5.69 Å². The van der Waals surface area contributed by atoms with Crippen LogP contribution >= 0.6 is 35.3 Å². The molecule has 3 rings (SSSR count). The van der Waals surface area contributed by atoms with Gasteiger partial charge in [0, 0.05) is 12.7 Å². The summed E-state index contributed by atoms with van der Waals surface area (Å²) in [6.07, 6.45) is 1.88. The number of hydrogen-bond donors (Lipinski definition) is 1. The van der Waals surface area contributed by atoms with Gasteiger partial charge in [-0.1, -0.05) is 24.0 Å². The molecule has 0 unspecified atom stereocenters. The maximum absolute atomic E-state index is 11.6. The standard InChI is InChI=1S/C11H8N2OS3/c1-13-6(4-8-7(13)2-3-16-8)5-9-10(14)12-11(15)17-9/h2-5H,1H3,(H,12,14,15)/b9-5-. The Morgan fingerprint density at radius 2 is 2.35 bits per heavy atom. The monoisotopic (exact) mass is 280 g/mol. The summed E-state index contributed by atoms with van der Waals surface area (Å²) in [5.41, 5.74) is 2.21. The molecule has 0 atom stereocenters. The molecule has 1 fully saturated rings. The van der Waals surface area contributed by atoms with Gasteiger partial charge in [-0.25, -0.2) is 0 Å². The maximum Gasteiger partial charge on any atom is 0.263 e. The molecule has 2 aromatic rings. The summed E-state index contributed by atoms with van der Waals surface area (Å²) in [5.74, 6) is -0.107. The third-order valence-corrected chi connectivity index (χ3v) is 4.64. The number of aromatic nitrogens is 1. The number of carbonyl (C=O) groups excluding carboxylic acids is 1. The zero-order valence-corrected chi connectivity index (χ0v) is 11.3. The predicted octanol–water partition coefficient (Wildman–Crippen LogP) is 2.73. The number of nitrogens with zero attached hydrogens (tertiary/aromatic N) is 1. The maximum atomic E-state index is 11.6. The second-order valence-corrected chi connectivity index (χ2v) is 6.32. The normalized spacial score (nSPS) is 18.3. The van der Waals surface area contributed by atoms with Crippen LogP contribution in [0.25, 0.3) is 16.3 Å². The lowest BCUT2D eigenvalue weighted by molar-refractivity contribution is -0.115. The van der Waals surface area contributed by atoms with Crippen LogP contribution < -0.4 is 5.32 Å². The molecule has 0 aromatic carbocycles. The summed E-state index contributed by atoms with van der Waals surface area (Å²) in [6.45, 7) is 0. The fourth-order valence-corrected chi connectivity index (χ4v) is 3.65. The van der Waals surface area contributed by atoms with E-state index in [1.54, 1.807) is 11.3 Å². The van der Waals surface area contributed by atoms with Crippen molar-refractivity contribution in [3.63, 3.8) is 0 Å². The zero-order valence-electron chi connectivity index (χ0n) is 8.89. The predicted molar refractivity (Wildman–Crippen MR) is 77.1 cm³/mol. The molecule has 3 heterocycles. The molecule has 17 heavy (non-hydrogen) atoms. The Morgan fingerprint density at radius 3 is 3.00 bits per heavy atom. The highest BCUT2D eigenvalue weighted by Crippen LogP contribution is 2.29. The van der Waals surface area contributed by atoms with E-state index < -0.39 is 0 Å². The van der Waals surface area contributed by atoms with Crippen molar-refractivity contribution in [1.82, 2.24) is 9.88 Å². The van der Waals surface area contributed by atoms with Gasteiger partial charge in [-0.15, -0.1) is 11.3 Å². The lowest BCUT2D eigenvalue weighted by atomic mass is 10.3. The van der Waals surface area contributed by atoms with Gasteiger partial charge in [0.05, 0.1) is 15.1 Å². The summed E-state index contributed by atoms with van der Waals surface area (Å²) >= 11 is 7.97. The van der Waals surface area contributed by atoms with E-state index in [2.05, 4.69) is 27.4 Å². The van der Waals surface area contributed by atoms with E-state index in [-0.39, 0.29) is 5.91 Å². The number of thiophene rings is 1. The largest absolute Gasteiger partial charge is 0.343 e. The fourth-order valence-electron chi connectivity index (χ4n) is 1.76. The van der Waals surface area contributed by atoms with E-state index in [1.165, 1.54) is 22.0 Å². The lowest BCUT2D eigenvalue weighted by Gasteiger charge is -1.98. The highest BCUT2D eigenvalue weighted by atomic mass is 32.2. The quantitative estimate of drug-likeness (QED) is 0.644.